The van der Waals surface area contributed by atoms with Gasteiger partial charge in [-0.05, 0) is 90.3 Å². The highest BCUT2D eigenvalue weighted by Gasteiger charge is 2.36. The molecule has 48 heavy (non-hydrogen) atoms. The van der Waals surface area contributed by atoms with Gasteiger partial charge < -0.3 is 9.47 Å². The average Bonchev–Trinajstić information content (AvgIpc) is 3.50. The van der Waals surface area contributed by atoms with Crippen molar-refractivity contribution in [1.82, 2.24) is 0 Å². The van der Waals surface area contributed by atoms with Crippen molar-refractivity contribution in [3.63, 3.8) is 0 Å². The van der Waals surface area contributed by atoms with Crippen LogP contribution in [0.25, 0.3) is 11.1 Å². The zero-order valence-corrected chi connectivity index (χ0v) is 27.0. The maximum atomic E-state index is 12.9. The van der Waals surface area contributed by atoms with Gasteiger partial charge in [0.2, 0.25) is 0 Å². The SMILES string of the molecule is CCOC(=O)c1ccc(C2(Cc3ccc(-c4ccc(Oc5ccc(C(F)(F)F)cc5)cc4)cc3)N=CC(c3ccc(Cl)cc3Cl)=N2)cc1. The standard InChI is InChI=1S/C38H27Cl2F3N2O3/c1-2-47-36(46)27-7-11-28(12-8-27)37(44-23-35(45-37)33-20-15-30(39)21-34(33)40)22-24-3-5-25(6-4-24)26-9-16-31(17-10-26)48-32-18-13-29(14-19-32)38(41,42)43/h3-21,23H,2,22H2,1H3. The average molecular weight is 688 g/mol. The number of benzene rings is 5. The first kappa shape index (κ1) is 33.0. The summed E-state index contributed by atoms with van der Waals surface area (Å²) in [6, 6.07) is 32.2. The predicted molar refractivity (Wildman–Crippen MR) is 183 cm³/mol. The van der Waals surface area contributed by atoms with Crippen molar-refractivity contribution in [2.45, 2.75) is 25.2 Å². The molecule has 1 aliphatic heterocycles. The molecule has 5 aromatic rings. The van der Waals surface area contributed by atoms with E-state index in [0.29, 0.717) is 44.8 Å². The number of hydrogen-bond acceptors (Lipinski definition) is 5. The van der Waals surface area contributed by atoms with E-state index in [4.69, 9.17) is 42.7 Å². The van der Waals surface area contributed by atoms with E-state index in [2.05, 4.69) is 0 Å². The molecule has 1 aliphatic rings. The Balaban J connectivity index is 1.23. The molecule has 1 heterocycles. The monoisotopic (exact) mass is 686 g/mol. The summed E-state index contributed by atoms with van der Waals surface area (Å²) < 4.78 is 49.5. The Morgan fingerprint density at radius 1 is 0.792 bits per heavy atom. The van der Waals surface area contributed by atoms with Gasteiger partial charge in [0.25, 0.3) is 0 Å². The Bertz CT molecular complexity index is 1990. The van der Waals surface area contributed by atoms with Gasteiger partial charge in [-0.25, -0.2) is 9.79 Å². The Morgan fingerprint density at radius 3 is 1.98 bits per heavy atom. The summed E-state index contributed by atoms with van der Waals surface area (Å²) in [7, 11) is 0. The van der Waals surface area contributed by atoms with Gasteiger partial charge in [0.05, 0.1) is 34.7 Å². The van der Waals surface area contributed by atoms with Gasteiger partial charge in [-0.15, -0.1) is 0 Å². The Labute approximate surface area is 285 Å². The lowest BCUT2D eigenvalue weighted by molar-refractivity contribution is -0.137. The number of nitrogens with zero attached hydrogens (tertiary/aromatic N) is 2. The minimum atomic E-state index is -4.40. The van der Waals surface area contributed by atoms with Crippen molar-refractivity contribution in [3.05, 3.63) is 153 Å². The van der Waals surface area contributed by atoms with Crippen LogP contribution in [0.2, 0.25) is 10.0 Å². The summed E-state index contributed by atoms with van der Waals surface area (Å²) >= 11 is 12.6. The Hall–Kier alpha value is -4.92. The number of hydrogen-bond donors (Lipinski definition) is 0. The van der Waals surface area contributed by atoms with E-state index >= 15 is 0 Å². The van der Waals surface area contributed by atoms with E-state index in [1.165, 1.54) is 12.1 Å². The van der Waals surface area contributed by atoms with E-state index in [-0.39, 0.29) is 6.61 Å². The van der Waals surface area contributed by atoms with Crippen LogP contribution in [0.15, 0.2) is 125 Å². The molecule has 1 unspecified atom stereocenters. The van der Waals surface area contributed by atoms with Gasteiger partial charge in [0, 0.05) is 22.6 Å². The van der Waals surface area contributed by atoms with Gasteiger partial charge in [0.1, 0.15) is 11.5 Å². The third-order valence-corrected chi connectivity index (χ3v) is 8.33. The summed E-state index contributed by atoms with van der Waals surface area (Å²) in [5.74, 6) is 0.405. The number of aliphatic imine (C=N–C) groups is 2. The molecule has 1 atom stereocenters. The van der Waals surface area contributed by atoms with E-state index in [1.807, 2.05) is 54.6 Å². The molecule has 5 nitrogen and oxygen atoms in total. The molecule has 6 rings (SSSR count). The largest absolute Gasteiger partial charge is 0.462 e. The lowest BCUT2D eigenvalue weighted by atomic mass is 9.91. The van der Waals surface area contributed by atoms with E-state index < -0.39 is 23.4 Å². The minimum Gasteiger partial charge on any atom is -0.462 e. The summed E-state index contributed by atoms with van der Waals surface area (Å²) in [5, 5.41) is 0.975. The van der Waals surface area contributed by atoms with Gasteiger partial charge in [-0.1, -0.05) is 71.7 Å². The number of alkyl halides is 3. The van der Waals surface area contributed by atoms with Crippen molar-refractivity contribution in [3.8, 4) is 22.6 Å². The third kappa shape index (κ3) is 7.30. The quantitative estimate of drug-likeness (QED) is 0.145. The first-order valence-electron chi connectivity index (χ1n) is 15.0. The zero-order valence-electron chi connectivity index (χ0n) is 25.5. The first-order valence-corrected chi connectivity index (χ1v) is 15.7. The molecule has 242 valence electrons. The fourth-order valence-electron chi connectivity index (χ4n) is 5.33. The second kappa shape index (κ2) is 13.7. The number of halogens is 5. The molecule has 0 spiro atoms. The van der Waals surface area contributed by atoms with Crippen molar-refractivity contribution in [2.24, 2.45) is 9.98 Å². The number of ether oxygens (including phenoxy) is 2. The number of carbonyl (C=O) groups excluding carboxylic acids is 1. The van der Waals surface area contributed by atoms with Crippen LogP contribution in [-0.2, 0) is 23.0 Å². The molecule has 0 radical (unpaired) electrons. The van der Waals surface area contributed by atoms with E-state index in [1.54, 1.807) is 49.5 Å². The van der Waals surface area contributed by atoms with Crippen LogP contribution in [0.1, 0.15) is 39.5 Å². The second-order valence-electron chi connectivity index (χ2n) is 11.0. The van der Waals surface area contributed by atoms with Crippen LogP contribution in [0.3, 0.4) is 0 Å². The maximum Gasteiger partial charge on any atom is 0.416 e. The summed E-state index contributed by atoms with van der Waals surface area (Å²) in [6.45, 7) is 2.04. The topological polar surface area (TPSA) is 60.2 Å². The Morgan fingerprint density at radius 2 is 1.40 bits per heavy atom. The zero-order chi connectivity index (χ0) is 33.9. The molecule has 0 saturated carbocycles. The summed E-state index contributed by atoms with van der Waals surface area (Å²) in [6.07, 6.45) is -2.27. The highest BCUT2D eigenvalue weighted by atomic mass is 35.5. The van der Waals surface area contributed by atoms with Crippen molar-refractivity contribution in [1.29, 1.82) is 0 Å². The van der Waals surface area contributed by atoms with Gasteiger partial charge in [-0.2, -0.15) is 13.2 Å². The molecular weight excluding hydrogens is 660 g/mol. The maximum absolute atomic E-state index is 12.9. The molecule has 0 aromatic heterocycles. The highest BCUT2D eigenvalue weighted by Crippen LogP contribution is 2.38. The van der Waals surface area contributed by atoms with E-state index in [0.717, 1.165) is 34.4 Å². The highest BCUT2D eigenvalue weighted by molar-refractivity contribution is 6.45. The molecule has 5 aromatic carbocycles. The van der Waals surface area contributed by atoms with E-state index in [9.17, 15) is 18.0 Å². The Kier molecular flexibility index (Phi) is 9.40. The molecule has 0 N–H and O–H groups in total. The summed E-state index contributed by atoms with van der Waals surface area (Å²) in [4.78, 5) is 22.3. The smallest absolute Gasteiger partial charge is 0.416 e. The molecule has 0 amide bonds. The molecular formula is C38H27Cl2F3N2O3. The second-order valence-corrected chi connectivity index (χ2v) is 11.9. The third-order valence-electron chi connectivity index (χ3n) is 7.78. The fourth-order valence-corrected chi connectivity index (χ4v) is 5.83. The minimum absolute atomic E-state index is 0.279. The van der Waals surface area contributed by atoms with Crippen molar-refractivity contribution >= 4 is 41.1 Å². The van der Waals surface area contributed by atoms with Gasteiger partial charge >= 0.3 is 12.1 Å². The van der Waals surface area contributed by atoms with Crippen LogP contribution in [0, 0.1) is 0 Å². The first-order chi connectivity index (χ1) is 23.0. The predicted octanol–water partition coefficient (Wildman–Crippen LogP) is 10.6. The molecule has 0 aliphatic carbocycles. The molecule has 0 fully saturated rings. The van der Waals surface area contributed by atoms with Crippen LogP contribution in [0.5, 0.6) is 11.5 Å². The summed E-state index contributed by atoms with van der Waals surface area (Å²) in [5.41, 5.74) is 3.66. The number of rotatable bonds is 9. The van der Waals surface area contributed by atoms with Gasteiger partial charge in [-0.3, -0.25) is 4.99 Å². The van der Waals surface area contributed by atoms with Crippen LogP contribution in [-0.4, -0.2) is 24.5 Å². The van der Waals surface area contributed by atoms with Crippen molar-refractivity contribution < 1.29 is 27.4 Å². The van der Waals surface area contributed by atoms with Crippen molar-refractivity contribution in [2.75, 3.05) is 6.61 Å². The molecule has 0 saturated heterocycles. The van der Waals surface area contributed by atoms with Crippen LogP contribution >= 0.6 is 23.2 Å². The van der Waals surface area contributed by atoms with Gasteiger partial charge in [0.15, 0.2) is 5.66 Å². The lowest BCUT2D eigenvalue weighted by Crippen LogP contribution is -2.23. The molecule has 10 heteroatoms. The van der Waals surface area contributed by atoms with Crippen LogP contribution < -0.4 is 4.74 Å². The van der Waals surface area contributed by atoms with Crippen LogP contribution in [0.4, 0.5) is 13.2 Å². The molecule has 0 bridgehead atoms. The fraction of sp³-hybridized carbons (Fsp3) is 0.132. The number of carbonyl (C=O) groups is 1. The lowest BCUT2D eigenvalue weighted by Gasteiger charge is -2.24. The normalized spacial score (nSPS) is 15.7. The number of esters is 1.